The lowest BCUT2D eigenvalue weighted by Crippen LogP contribution is -2.30. The van der Waals surface area contributed by atoms with E-state index in [4.69, 9.17) is 12.2 Å². The molecule has 0 aromatic carbocycles. The van der Waals surface area contributed by atoms with Gasteiger partial charge < -0.3 is 0 Å². The highest BCUT2D eigenvalue weighted by molar-refractivity contribution is 7.71. The number of fused-ring (bicyclic) bond motifs is 1. The number of H-pyrrole nitrogens is 1. The second-order valence-electron chi connectivity index (χ2n) is 4.80. The van der Waals surface area contributed by atoms with Crippen molar-refractivity contribution in [3.05, 3.63) is 56.5 Å². The van der Waals surface area contributed by atoms with Gasteiger partial charge in [0.1, 0.15) is 4.64 Å². The summed E-state index contributed by atoms with van der Waals surface area (Å²) in [7, 11) is 0. The van der Waals surface area contributed by atoms with Crippen molar-refractivity contribution in [3.8, 4) is 0 Å². The summed E-state index contributed by atoms with van der Waals surface area (Å²) in [4.78, 5) is 19.2. The fourth-order valence-electron chi connectivity index (χ4n) is 2.62. The standard InChI is InChI=1S/C14H15N3OS/c18-14-16-13(19)11-6-1-2-7-12(11)17(14)9-10-5-3-4-8-15-10/h3-5,8H,1-2,6-7,9H2,(H,16,18,19). The summed E-state index contributed by atoms with van der Waals surface area (Å²) >= 11 is 5.27. The van der Waals surface area contributed by atoms with Gasteiger partial charge in [0.05, 0.1) is 12.2 Å². The van der Waals surface area contributed by atoms with E-state index in [0.717, 1.165) is 42.6 Å². The van der Waals surface area contributed by atoms with E-state index in [9.17, 15) is 4.79 Å². The van der Waals surface area contributed by atoms with Crippen molar-refractivity contribution in [1.82, 2.24) is 14.5 Å². The zero-order valence-electron chi connectivity index (χ0n) is 10.6. The molecule has 0 spiro atoms. The molecule has 3 rings (SSSR count). The Labute approximate surface area is 116 Å². The minimum atomic E-state index is -0.128. The lowest BCUT2D eigenvalue weighted by atomic mass is 9.97. The average molecular weight is 273 g/mol. The molecule has 0 aliphatic heterocycles. The van der Waals surface area contributed by atoms with E-state index in [1.165, 1.54) is 0 Å². The lowest BCUT2D eigenvalue weighted by Gasteiger charge is -2.20. The predicted molar refractivity (Wildman–Crippen MR) is 75.9 cm³/mol. The monoisotopic (exact) mass is 273 g/mol. The van der Waals surface area contributed by atoms with Crippen molar-refractivity contribution < 1.29 is 0 Å². The zero-order valence-corrected chi connectivity index (χ0v) is 11.4. The van der Waals surface area contributed by atoms with E-state index in [0.29, 0.717) is 11.2 Å². The molecule has 0 unspecified atom stereocenters. The van der Waals surface area contributed by atoms with Crippen LogP contribution in [0.15, 0.2) is 29.2 Å². The maximum absolute atomic E-state index is 12.1. The second kappa shape index (κ2) is 5.09. The van der Waals surface area contributed by atoms with Crippen LogP contribution >= 0.6 is 12.2 Å². The summed E-state index contributed by atoms with van der Waals surface area (Å²) in [6.45, 7) is 0.508. The summed E-state index contributed by atoms with van der Waals surface area (Å²) in [5, 5.41) is 0. The Morgan fingerprint density at radius 3 is 2.95 bits per heavy atom. The van der Waals surface area contributed by atoms with Gasteiger partial charge in [-0.05, 0) is 37.8 Å². The Morgan fingerprint density at radius 1 is 1.32 bits per heavy atom. The Morgan fingerprint density at radius 2 is 2.16 bits per heavy atom. The molecule has 0 radical (unpaired) electrons. The van der Waals surface area contributed by atoms with Crippen molar-refractivity contribution in [2.75, 3.05) is 0 Å². The van der Waals surface area contributed by atoms with Crippen molar-refractivity contribution in [3.63, 3.8) is 0 Å². The molecule has 2 aromatic rings. The second-order valence-corrected chi connectivity index (χ2v) is 5.21. The molecule has 98 valence electrons. The van der Waals surface area contributed by atoms with Crippen molar-refractivity contribution in [2.24, 2.45) is 0 Å². The number of aromatic amines is 1. The molecule has 5 heteroatoms. The van der Waals surface area contributed by atoms with Gasteiger partial charge in [-0.1, -0.05) is 18.3 Å². The van der Waals surface area contributed by atoms with Crippen LogP contribution in [0.25, 0.3) is 0 Å². The number of aromatic nitrogens is 3. The highest BCUT2D eigenvalue weighted by Crippen LogP contribution is 2.20. The molecule has 1 aliphatic rings. The van der Waals surface area contributed by atoms with Gasteiger partial charge >= 0.3 is 5.69 Å². The molecule has 0 saturated heterocycles. The Kier molecular flexibility index (Phi) is 3.29. The van der Waals surface area contributed by atoms with E-state index in [-0.39, 0.29) is 5.69 Å². The van der Waals surface area contributed by atoms with E-state index >= 15 is 0 Å². The lowest BCUT2D eigenvalue weighted by molar-refractivity contribution is 0.580. The minimum absolute atomic E-state index is 0.128. The van der Waals surface area contributed by atoms with E-state index in [2.05, 4.69) is 9.97 Å². The molecular weight excluding hydrogens is 258 g/mol. The molecule has 1 aliphatic carbocycles. The highest BCUT2D eigenvalue weighted by atomic mass is 32.1. The van der Waals surface area contributed by atoms with Crippen LogP contribution in [-0.4, -0.2) is 14.5 Å². The van der Waals surface area contributed by atoms with E-state index < -0.39 is 0 Å². The van der Waals surface area contributed by atoms with Gasteiger partial charge in [0.25, 0.3) is 0 Å². The number of rotatable bonds is 2. The SMILES string of the molecule is O=c1[nH]c(=S)c2c(n1Cc1ccccn1)CCCC2. The first-order chi connectivity index (χ1) is 9.25. The number of nitrogens with one attached hydrogen (secondary N) is 1. The Bertz CT molecular complexity index is 703. The summed E-state index contributed by atoms with van der Waals surface area (Å²) < 4.78 is 2.39. The maximum Gasteiger partial charge on any atom is 0.327 e. The Balaban J connectivity index is 2.11. The molecule has 0 fully saturated rings. The van der Waals surface area contributed by atoms with Gasteiger partial charge in [-0.3, -0.25) is 14.5 Å². The van der Waals surface area contributed by atoms with Gasteiger partial charge in [-0.25, -0.2) is 4.79 Å². The van der Waals surface area contributed by atoms with E-state index in [1.807, 2.05) is 18.2 Å². The summed E-state index contributed by atoms with van der Waals surface area (Å²) in [5.41, 5.74) is 2.99. The largest absolute Gasteiger partial charge is 0.327 e. The smallest absolute Gasteiger partial charge is 0.298 e. The van der Waals surface area contributed by atoms with Gasteiger partial charge in [0, 0.05) is 17.5 Å². The van der Waals surface area contributed by atoms with Crippen LogP contribution in [0, 0.1) is 4.64 Å². The van der Waals surface area contributed by atoms with Crippen LogP contribution in [0.4, 0.5) is 0 Å². The molecule has 19 heavy (non-hydrogen) atoms. The van der Waals surface area contributed by atoms with Crippen molar-refractivity contribution >= 4 is 12.2 Å². The van der Waals surface area contributed by atoms with Gasteiger partial charge in [-0.2, -0.15) is 0 Å². The fraction of sp³-hybridized carbons (Fsp3) is 0.357. The highest BCUT2D eigenvalue weighted by Gasteiger charge is 2.16. The summed E-state index contributed by atoms with van der Waals surface area (Å²) in [6, 6.07) is 5.74. The minimum Gasteiger partial charge on any atom is -0.298 e. The van der Waals surface area contributed by atoms with Crippen molar-refractivity contribution in [2.45, 2.75) is 32.2 Å². The van der Waals surface area contributed by atoms with Gasteiger partial charge in [0.15, 0.2) is 0 Å². The fourth-order valence-corrected chi connectivity index (χ4v) is 2.92. The van der Waals surface area contributed by atoms with Gasteiger partial charge in [0.2, 0.25) is 0 Å². The molecule has 2 aromatic heterocycles. The van der Waals surface area contributed by atoms with Crippen LogP contribution < -0.4 is 5.69 Å². The number of nitrogens with zero attached hydrogens (tertiary/aromatic N) is 2. The van der Waals surface area contributed by atoms with Crippen LogP contribution in [-0.2, 0) is 19.4 Å². The predicted octanol–water partition coefficient (Wildman–Crippen LogP) is 2.23. The average Bonchev–Trinajstić information content (AvgIpc) is 2.45. The number of hydrogen-bond donors (Lipinski definition) is 1. The third-order valence-electron chi connectivity index (χ3n) is 3.55. The summed E-state index contributed by atoms with van der Waals surface area (Å²) in [6.07, 6.45) is 5.90. The number of pyridine rings is 1. The summed E-state index contributed by atoms with van der Waals surface area (Å²) in [5.74, 6) is 0. The molecule has 1 N–H and O–H groups in total. The van der Waals surface area contributed by atoms with Crippen LogP contribution in [0.1, 0.15) is 29.8 Å². The van der Waals surface area contributed by atoms with E-state index in [1.54, 1.807) is 10.8 Å². The van der Waals surface area contributed by atoms with Crippen LogP contribution in [0.5, 0.6) is 0 Å². The molecule has 0 saturated carbocycles. The zero-order chi connectivity index (χ0) is 13.2. The first-order valence-electron chi connectivity index (χ1n) is 6.50. The van der Waals surface area contributed by atoms with Gasteiger partial charge in [-0.15, -0.1) is 0 Å². The van der Waals surface area contributed by atoms with Crippen LogP contribution in [0.2, 0.25) is 0 Å². The molecule has 0 amide bonds. The topological polar surface area (TPSA) is 50.7 Å². The quantitative estimate of drug-likeness (QED) is 0.854. The van der Waals surface area contributed by atoms with Crippen molar-refractivity contribution in [1.29, 1.82) is 0 Å². The molecule has 0 atom stereocenters. The van der Waals surface area contributed by atoms with Crippen LogP contribution in [0.3, 0.4) is 0 Å². The molecule has 2 heterocycles. The molecule has 4 nitrogen and oxygen atoms in total. The number of hydrogen-bond acceptors (Lipinski definition) is 3. The molecular formula is C14H15N3OS. The third kappa shape index (κ3) is 2.38. The first-order valence-corrected chi connectivity index (χ1v) is 6.91. The molecule has 0 bridgehead atoms. The maximum atomic E-state index is 12.1. The first kappa shape index (κ1) is 12.3. The third-order valence-corrected chi connectivity index (χ3v) is 3.90. The Hall–Kier alpha value is -1.75. The normalized spacial score (nSPS) is 14.1.